The minimum atomic E-state index is -0.958. The lowest BCUT2D eigenvalue weighted by Crippen LogP contribution is -2.29. The van der Waals surface area contributed by atoms with Gasteiger partial charge in [0.05, 0.1) is 11.9 Å². The van der Waals surface area contributed by atoms with Crippen molar-refractivity contribution in [1.82, 2.24) is 15.1 Å². The first-order valence-electron chi connectivity index (χ1n) is 5.51. The third kappa shape index (κ3) is 3.33. The van der Waals surface area contributed by atoms with Gasteiger partial charge in [0.25, 0.3) is 0 Å². The highest BCUT2D eigenvalue weighted by atomic mass is 16.4. The number of aromatic nitrogens is 2. The molecule has 92 valence electrons. The van der Waals surface area contributed by atoms with Crippen molar-refractivity contribution < 1.29 is 9.90 Å². The Hall–Kier alpha value is -1.80. The van der Waals surface area contributed by atoms with Gasteiger partial charge in [0.15, 0.2) is 0 Å². The molecule has 1 aromatic rings. The van der Waals surface area contributed by atoms with Gasteiger partial charge in [-0.15, -0.1) is 12.3 Å². The first-order chi connectivity index (χ1) is 8.10. The summed E-state index contributed by atoms with van der Waals surface area (Å²) in [5.74, 6) is 1.64. The Morgan fingerprint density at radius 2 is 2.47 bits per heavy atom. The number of carbonyl (C=O) groups is 1. The molecule has 0 saturated carbocycles. The molecule has 1 unspecified atom stereocenters. The third-order valence-corrected chi connectivity index (χ3v) is 2.71. The van der Waals surface area contributed by atoms with Gasteiger partial charge in [-0.25, -0.2) is 4.79 Å². The lowest BCUT2D eigenvalue weighted by atomic mass is 10.1. The van der Waals surface area contributed by atoms with E-state index in [0.29, 0.717) is 18.7 Å². The largest absolute Gasteiger partial charge is 0.478 e. The topological polar surface area (TPSA) is 67.2 Å². The van der Waals surface area contributed by atoms with Crippen LogP contribution >= 0.6 is 0 Å². The Morgan fingerprint density at radius 1 is 1.76 bits per heavy atom. The summed E-state index contributed by atoms with van der Waals surface area (Å²) in [6.07, 6.45) is 8.17. The van der Waals surface area contributed by atoms with Gasteiger partial charge in [0.1, 0.15) is 5.56 Å². The maximum absolute atomic E-state index is 11.0. The van der Waals surface area contributed by atoms with Gasteiger partial charge >= 0.3 is 5.97 Å². The van der Waals surface area contributed by atoms with Gasteiger partial charge in [-0.1, -0.05) is 6.92 Å². The number of carboxylic acids is 1. The van der Waals surface area contributed by atoms with Crippen LogP contribution in [-0.2, 0) is 13.6 Å². The minimum Gasteiger partial charge on any atom is -0.478 e. The summed E-state index contributed by atoms with van der Waals surface area (Å²) in [5.41, 5.74) is 0.892. The molecular weight excluding hydrogens is 218 g/mol. The average molecular weight is 235 g/mol. The van der Waals surface area contributed by atoms with E-state index < -0.39 is 5.97 Å². The normalized spacial score (nSPS) is 12.1. The first-order valence-corrected chi connectivity index (χ1v) is 5.51. The van der Waals surface area contributed by atoms with Crippen LogP contribution in [0.15, 0.2) is 6.20 Å². The van der Waals surface area contributed by atoms with Crippen molar-refractivity contribution in [2.45, 2.75) is 32.4 Å². The summed E-state index contributed by atoms with van der Waals surface area (Å²) in [7, 11) is 1.73. The van der Waals surface area contributed by atoms with Gasteiger partial charge in [-0.3, -0.25) is 4.68 Å². The SMILES string of the molecule is C#CCC(CC)NCc1c(C(=O)O)cnn1C. The molecule has 0 aliphatic heterocycles. The lowest BCUT2D eigenvalue weighted by molar-refractivity contribution is 0.0695. The van der Waals surface area contributed by atoms with Crippen LogP contribution in [0.2, 0.25) is 0 Å². The molecule has 0 aromatic carbocycles. The zero-order valence-electron chi connectivity index (χ0n) is 10.1. The van der Waals surface area contributed by atoms with Crippen LogP contribution < -0.4 is 5.32 Å². The van der Waals surface area contributed by atoms with Crippen LogP contribution in [0.4, 0.5) is 0 Å². The van der Waals surface area contributed by atoms with Crippen molar-refractivity contribution in [1.29, 1.82) is 0 Å². The number of rotatable bonds is 6. The molecule has 0 aliphatic rings. The third-order valence-electron chi connectivity index (χ3n) is 2.71. The zero-order valence-corrected chi connectivity index (χ0v) is 10.1. The number of aryl methyl sites for hydroxylation is 1. The maximum atomic E-state index is 11.0. The highest BCUT2D eigenvalue weighted by Gasteiger charge is 2.15. The molecule has 1 heterocycles. The van der Waals surface area contributed by atoms with Gasteiger partial charge in [0.2, 0.25) is 0 Å². The van der Waals surface area contributed by atoms with Crippen molar-refractivity contribution in [3.8, 4) is 12.3 Å². The van der Waals surface area contributed by atoms with Crippen molar-refractivity contribution in [3.05, 3.63) is 17.5 Å². The number of nitrogens with zero attached hydrogens (tertiary/aromatic N) is 2. The highest BCUT2D eigenvalue weighted by Crippen LogP contribution is 2.08. The Bertz CT molecular complexity index is 431. The smallest absolute Gasteiger partial charge is 0.339 e. The van der Waals surface area contributed by atoms with Crippen LogP contribution in [0, 0.1) is 12.3 Å². The minimum absolute atomic E-state index is 0.205. The van der Waals surface area contributed by atoms with E-state index in [1.165, 1.54) is 6.20 Å². The number of terminal acetylenes is 1. The molecule has 1 atom stereocenters. The van der Waals surface area contributed by atoms with E-state index in [4.69, 9.17) is 11.5 Å². The van der Waals surface area contributed by atoms with Crippen molar-refractivity contribution in [2.24, 2.45) is 7.05 Å². The molecule has 0 saturated heterocycles. The number of nitrogens with one attached hydrogen (secondary N) is 1. The van der Waals surface area contributed by atoms with E-state index in [1.807, 2.05) is 6.92 Å². The molecule has 1 rings (SSSR count). The number of carboxylic acid groups (broad SMARTS) is 1. The number of hydrogen-bond donors (Lipinski definition) is 2. The standard InChI is InChI=1S/C12H17N3O2/c1-4-6-9(5-2)13-8-11-10(12(16)17)7-14-15(11)3/h1,7,9,13H,5-6,8H2,2-3H3,(H,16,17). The molecule has 1 aromatic heterocycles. The Labute approximate surface area is 101 Å². The van der Waals surface area contributed by atoms with Crippen LogP contribution in [0.1, 0.15) is 35.8 Å². The van der Waals surface area contributed by atoms with Crippen molar-refractivity contribution in [2.75, 3.05) is 0 Å². The quantitative estimate of drug-likeness (QED) is 0.722. The summed E-state index contributed by atoms with van der Waals surface area (Å²) >= 11 is 0. The van der Waals surface area contributed by atoms with Gasteiger partial charge in [0, 0.05) is 26.1 Å². The van der Waals surface area contributed by atoms with E-state index in [0.717, 1.165) is 6.42 Å². The summed E-state index contributed by atoms with van der Waals surface area (Å²) in [6.45, 7) is 2.49. The number of hydrogen-bond acceptors (Lipinski definition) is 3. The fourth-order valence-electron chi connectivity index (χ4n) is 1.60. The fraction of sp³-hybridized carbons (Fsp3) is 0.500. The van der Waals surface area contributed by atoms with Gasteiger partial charge < -0.3 is 10.4 Å². The van der Waals surface area contributed by atoms with Crippen LogP contribution in [-0.4, -0.2) is 26.9 Å². The molecule has 5 heteroatoms. The van der Waals surface area contributed by atoms with Gasteiger partial charge in [-0.2, -0.15) is 5.10 Å². The monoisotopic (exact) mass is 235 g/mol. The van der Waals surface area contributed by atoms with Crippen molar-refractivity contribution >= 4 is 5.97 Å². The zero-order chi connectivity index (χ0) is 12.8. The van der Waals surface area contributed by atoms with Crippen molar-refractivity contribution in [3.63, 3.8) is 0 Å². The molecule has 5 nitrogen and oxygen atoms in total. The summed E-state index contributed by atoms with van der Waals surface area (Å²) in [5, 5.41) is 16.2. The first kappa shape index (κ1) is 13.3. The second-order valence-corrected chi connectivity index (χ2v) is 3.83. The lowest BCUT2D eigenvalue weighted by Gasteiger charge is -2.14. The Balaban J connectivity index is 2.71. The Kier molecular flexibility index (Phi) is 4.73. The molecule has 0 spiro atoms. The van der Waals surface area contributed by atoms with Gasteiger partial charge in [-0.05, 0) is 6.42 Å². The molecule has 17 heavy (non-hydrogen) atoms. The average Bonchev–Trinajstić information content (AvgIpc) is 2.66. The summed E-state index contributed by atoms with van der Waals surface area (Å²) in [6, 6.07) is 0.205. The molecule has 0 radical (unpaired) electrons. The van der Waals surface area contributed by atoms with Crippen LogP contribution in [0.25, 0.3) is 0 Å². The predicted molar refractivity (Wildman–Crippen MR) is 64.5 cm³/mol. The summed E-state index contributed by atoms with van der Waals surface area (Å²) < 4.78 is 1.57. The molecule has 0 amide bonds. The molecule has 0 aliphatic carbocycles. The second kappa shape index (κ2) is 6.06. The van der Waals surface area contributed by atoms with E-state index in [-0.39, 0.29) is 11.6 Å². The second-order valence-electron chi connectivity index (χ2n) is 3.83. The highest BCUT2D eigenvalue weighted by molar-refractivity contribution is 5.88. The van der Waals surface area contributed by atoms with Crippen LogP contribution in [0.3, 0.4) is 0 Å². The Morgan fingerprint density at radius 3 is 3.00 bits per heavy atom. The van der Waals surface area contributed by atoms with E-state index >= 15 is 0 Å². The maximum Gasteiger partial charge on any atom is 0.339 e. The van der Waals surface area contributed by atoms with E-state index in [9.17, 15) is 4.79 Å². The summed E-state index contributed by atoms with van der Waals surface area (Å²) in [4.78, 5) is 11.0. The predicted octanol–water partition coefficient (Wildman–Crippen LogP) is 1.01. The molecular formula is C12H17N3O2. The molecule has 0 bridgehead atoms. The van der Waals surface area contributed by atoms with Crippen LogP contribution in [0.5, 0.6) is 0 Å². The van der Waals surface area contributed by atoms with E-state index in [2.05, 4.69) is 16.3 Å². The molecule has 2 N–H and O–H groups in total. The van der Waals surface area contributed by atoms with E-state index in [1.54, 1.807) is 11.7 Å². The molecule has 0 fully saturated rings. The fourth-order valence-corrected chi connectivity index (χ4v) is 1.60. The number of aromatic carboxylic acids is 1.